The van der Waals surface area contributed by atoms with Crippen LogP contribution in [-0.2, 0) is 11.3 Å². The summed E-state index contributed by atoms with van der Waals surface area (Å²) in [5.41, 5.74) is 3.03. The first-order valence-electron chi connectivity index (χ1n) is 9.59. The largest absolute Gasteiger partial charge is 0.380 e. The van der Waals surface area contributed by atoms with E-state index < -0.39 is 5.82 Å². The van der Waals surface area contributed by atoms with Crippen molar-refractivity contribution in [1.82, 2.24) is 25.0 Å². The number of nitrogens with zero attached hydrogens (tertiary/aromatic N) is 5. The molecule has 0 aliphatic rings. The third kappa shape index (κ3) is 4.55. The van der Waals surface area contributed by atoms with E-state index in [0.717, 1.165) is 35.2 Å². The summed E-state index contributed by atoms with van der Waals surface area (Å²) in [5, 5.41) is 12.5. The molecule has 4 aromatic rings. The van der Waals surface area contributed by atoms with Crippen LogP contribution in [0, 0.1) is 5.82 Å². The van der Waals surface area contributed by atoms with E-state index in [1.807, 2.05) is 24.4 Å². The molecule has 1 N–H and O–H groups in total. The smallest absolute Gasteiger partial charge is 0.141 e. The zero-order valence-corrected chi connectivity index (χ0v) is 17.1. The Labute approximate surface area is 177 Å². The van der Waals surface area contributed by atoms with Crippen LogP contribution in [0.25, 0.3) is 22.2 Å². The van der Waals surface area contributed by atoms with Crippen molar-refractivity contribution in [2.45, 2.75) is 19.9 Å². The molecule has 0 fully saturated rings. The number of rotatable bonds is 8. The van der Waals surface area contributed by atoms with E-state index >= 15 is 0 Å². The molecule has 0 spiro atoms. The van der Waals surface area contributed by atoms with E-state index in [9.17, 15) is 4.39 Å². The molecule has 0 radical (unpaired) electrons. The molecule has 7 nitrogen and oxygen atoms in total. The van der Waals surface area contributed by atoms with Crippen molar-refractivity contribution in [2.75, 3.05) is 18.5 Å². The summed E-state index contributed by atoms with van der Waals surface area (Å²) >= 11 is 5.89. The zero-order chi connectivity index (χ0) is 20.9. The van der Waals surface area contributed by atoms with Gasteiger partial charge in [0.15, 0.2) is 0 Å². The predicted molar refractivity (Wildman–Crippen MR) is 114 cm³/mol. The number of aromatic nitrogens is 5. The van der Waals surface area contributed by atoms with Crippen molar-refractivity contribution in [2.24, 2.45) is 0 Å². The Morgan fingerprint density at radius 2 is 2.03 bits per heavy atom. The van der Waals surface area contributed by atoms with E-state index in [1.54, 1.807) is 10.7 Å². The van der Waals surface area contributed by atoms with Gasteiger partial charge in [0.05, 0.1) is 29.9 Å². The molecule has 0 unspecified atom stereocenters. The lowest BCUT2D eigenvalue weighted by Crippen LogP contribution is -2.06. The Kier molecular flexibility index (Phi) is 6.15. The molecule has 2 heterocycles. The normalized spacial score (nSPS) is 11.2. The number of benzene rings is 2. The SMILES string of the molecule is CCCOCCn1cc(-c2ccc3ncnc(Nc4ccc(F)c(Cl)c4)c3c2)nn1. The van der Waals surface area contributed by atoms with Crippen LogP contribution in [0.15, 0.2) is 48.9 Å². The van der Waals surface area contributed by atoms with Crippen LogP contribution in [0.4, 0.5) is 15.9 Å². The summed E-state index contributed by atoms with van der Waals surface area (Å²) in [6.45, 7) is 4.05. The Morgan fingerprint density at radius 1 is 1.13 bits per heavy atom. The van der Waals surface area contributed by atoms with Gasteiger partial charge in [0, 0.05) is 23.2 Å². The Balaban J connectivity index is 1.60. The number of hydrogen-bond acceptors (Lipinski definition) is 6. The van der Waals surface area contributed by atoms with Crippen molar-refractivity contribution in [3.05, 3.63) is 59.8 Å². The van der Waals surface area contributed by atoms with Gasteiger partial charge < -0.3 is 10.1 Å². The molecule has 2 aromatic heterocycles. The summed E-state index contributed by atoms with van der Waals surface area (Å²) in [6.07, 6.45) is 4.34. The minimum absolute atomic E-state index is 0.0404. The lowest BCUT2D eigenvalue weighted by molar-refractivity contribution is 0.124. The van der Waals surface area contributed by atoms with Crippen LogP contribution in [0.2, 0.25) is 5.02 Å². The zero-order valence-electron chi connectivity index (χ0n) is 16.3. The van der Waals surface area contributed by atoms with Crippen LogP contribution >= 0.6 is 11.6 Å². The van der Waals surface area contributed by atoms with Crippen LogP contribution in [0.1, 0.15) is 13.3 Å². The Bertz CT molecular complexity index is 1170. The maximum absolute atomic E-state index is 13.4. The second-order valence-corrected chi connectivity index (χ2v) is 7.09. The first kappa shape index (κ1) is 20.2. The standard InChI is InChI=1S/C21H20ClFN6O/c1-2-8-30-9-7-29-12-20(27-28-29)14-3-6-19-16(10-14)21(25-13-24-19)26-15-4-5-18(23)17(22)11-15/h3-6,10-13H,2,7-9H2,1H3,(H,24,25,26). The van der Waals surface area contributed by atoms with Crippen LogP contribution in [0.5, 0.6) is 0 Å². The topological polar surface area (TPSA) is 77.8 Å². The first-order chi connectivity index (χ1) is 14.6. The summed E-state index contributed by atoms with van der Waals surface area (Å²) in [6, 6.07) is 10.2. The van der Waals surface area contributed by atoms with Gasteiger partial charge in [-0.2, -0.15) is 0 Å². The van der Waals surface area contributed by atoms with Gasteiger partial charge in [-0.05, 0) is 36.8 Å². The highest BCUT2D eigenvalue weighted by atomic mass is 35.5. The Hall–Kier alpha value is -3.10. The molecule has 0 amide bonds. The summed E-state index contributed by atoms with van der Waals surface area (Å²) < 4.78 is 20.7. The maximum atomic E-state index is 13.4. The highest BCUT2D eigenvalue weighted by molar-refractivity contribution is 6.31. The number of ether oxygens (including phenoxy) is 1. The van der Waals surface area contributed by atoms with E-state index in [1.165, 1.54) is 18.5 Å². The van der Waals surface area contributed by atoms with Crippen LogP contribution < -0.4 is 5.32 Å². The molecular formula is C21H20ClFN6O. The van der Waals surface area contributed by atoms with Crippen molar-refractivity contribution >= 4 is 34.0 Å². The van der Waals surface area contributed by atoms with Crippen LogP contribution in [0.3, 0.4) is 0 Å². The molecule has 0 aliphatic carbocycles. The number of anilines is 2. The number of hydrogen-bond donors (Lipinski definition) is 1. The third-order valence-corrected chi connectivity index (χ3v) is 4.75. The Morgan fingerprint density at radius 3 is 2.87 bits per heavy atom. The van der Waals surface area contributed by atoms with Gasteiger partial charge in [0.1, 0.15) is 23.7 Å². The third-order valence-electron chi connectivity index (χ3n) is 4.47. The average Bonchev–Trinajstić information content (AvgIpc) is 3.23. The van der Waals surface area contributed by atoms with E-state index in [0.29, 0.717) is 24.7 Å². The molecule has 0 aliphatic heterocycles. The first-order valence-corrected chi connectivity index (χ1v) is 9.97. The minimum atomic E-state index is -0.472. The van der Waals surface area contributed by atoms with E-state index in [4.69, 9.17) is 16.3 Å². The number of halogens is 2. The van der Waals surface area contributed by atoms with Gasteiger partial charge in [-0.3, -0.25) is 0 Å². The molecule has 2 aromatic carbocycles. The molecule has 30 heavy (non-hydrogen) atoms. The van der Waals surface area contributed by atoms with Gasteiger partial charge in [0.2, 0.25) is 0 Å². The lowest BCUT2D eigenvalue weighted by atomic mass is 10.1. The molecule has 0 bridgehead atoms. The molecule has 154 valence electrons. The predicted octanol–water partition coefficient (Wildman–Crippen LogP) is 4.85. The van der Waals surface area contributed by atoms with Crippen molar-refractivity contribution < 1.29 is 9.13 Å². The molecule has 0 saturated heterocycles. The number of fused-ring (bicyclic) bond motifs is 1. The quantitative estimate of drug-likeness (QED) is 0.406. The molecule has 9 heteroatoms. The lowest BCUT2D eigenvalue weighted by Gasteiger charge is -2.09. The fourth-order valence-corrected chi connectivity index (χ4v) is 3.15. The molecule has 4 rings (SSSR count). The fraction of sp³-hybridized carbons (Fsp3) is 0.238. The van der Waals surface area contributed by atoms with Gasteiger partial charge in [0.25, 0.3) is 0 Å². The van der Waals surface area contributed by atoms with Crippen LogP contribution in [-0.4, -0.2) is 38.2 Å². The highest BCUT2D eigenvalue weighted by Crippen LogP contribution is 2.29. The summed E-state index contributed by atoms with van der Waals surface area (Å²) in [5.74, 6) is 0.116. The van der Waals surface area contributed by atoms with E-state index in [-0.39, 0.29) is 5.02 Å². The van der Waals surface area contributed by atoms with Crippen molar-refractivity contribution in [1.29, 1.82) is 0 Å². The van der Waals surface area contributed by atoms with Gasteiger partial charge in [-0.1, -0.05) is 29.8 Å². The second kappa shape index (κ2) is 9.15. The monoisotopic (exact) mass is 426 g/mol. The van der Waals surface area contributed by atoms with Crippen molar-refractivity contribution in [3.63, 3.8) is 0 Å². The minimum Gasteiger partial charge on any atom is -0.380 e. The highest BCUT2D eigenvalue weighted by Gasteiger charge is 2.10. The molecular weight excluding hydrogens is 407 g/mol. The average molecular weight is 427 g/mol. The fourth-order valence-electron chi connectivity index (χ4n) is 2.97. The van der Waals surface area contributed by atoms with Gasteiger partial charge in [-0.25, -0.2) is 19.0 Å². The summed E-state index contributed by atoms with van der Waals surface area (Å²) in [4.78, 5) is 8.65. The molecule has 0 atom stereocenters. The van der Waals surface area contributed by atoms with Crippen molar-refractivity contribution in [3.8, 4) is 11.3 Å². The summed E-state index contributed by atoms with van der Waals surface area (Å²) in [7, 11) is 0. The molecule has 0 saturated carbocycles. The maximum Gasteiger partial charge on any atom is 0.141 e. The van der Waals surface area contributed by atoms with Gasteiger partial charge >= 0.3 is 0 Å². The number of nitrogens with one attached hydrogen (secondary N) is 1. The van der Waals surface area contributed by atoms with E-state index in [2.05, 4.69) is 32.5 Å². The van der Waals surface area contributed by atoms with Gasteiger partial charge in [-0.15, -0.1) is 5.10 Å². The second-order valence-electron chi connectivity index (χ2n) is 6.69.